The molecule has 3 heteroatoms. The summed E-state index contributed by atoms with van der Waals surface area (Å²) in [5.74, 6) is 1.76. The summed E-state index contributed by atoms with van der Waals surface area (Å²) in [4.78, 5) is 0. The Morgan fingerprint density at radius 1 is 1.44 bits per heavy atom. The minimum atomic E-state index is 0.0145. The standard InChI is InChI=1S/C13H21NO2/c1-13(7-3-4-8-13)12(14)11-6-5-10(16-11)9-15-2/h5-6,12H,3-4,7-9,14H2,1-2H3. The van der Waals surface area contributed by atoms with E-state index in [0.29, 0.717) is 6.61 Å². The number of methoxy groups -OCH3 is 1. The van der Waals surface area contributed by atoms with Gasteiger partial charge in [-0.2, -0.15) is 0 Å². The lowest BCUT2D eigenvalue weighted by Crippen LogP contribution is -2.28. The molecule has 0 amide bonds. The molecule has 0 aliphatic heterocycles. The fourth-order valence-corrected chi connectivity index (χ4v) is 2.62. The summed E-state index contributed by atoms with van der Waals surface area (Å²) in [5.41, 5.74) is 6.52. The van der Waals surface area contributed by atoms with Gasteiger partial charge in [-0.15, -0.1) is 0 Å². The lowest BCUT2D eigenvalue weighted by molar-refractivity contribution is 0.157. The highest BCUT2D eigenvalue weighted by Gasteiger charge is 2.37. The largest absolute Gasteiger partial charge is 0.462 e. The molecule has 2 N–H and O–H groups in total. The Labute approximate surface area is 97.0 Å². The summed E-state index contributed by atoms with van der Waals surface area (Å²) in [6, 6.07) is 3.96. The zero-order valence-electron chi connectivity index (χ0n) is 10.2. The normalized spacial score (nSPS) is 21.2. The Bertz CT molecular complexity index is 339. The van der Waals surface area contributed by atoms with Gasteiger partial charge in [0.25, 0.3) is 0 Å². The van der Waals surface area contributed by atoms with Crippen LogP contribution in [0.3, 0.4) is 0 Å². The van der Waals surface area contributed by atoms with Crippen LogP contribution in [0.15, 0.2) is 16.5 Å². The van der Waals surface area contributed by atoms with Gasteiger partial charge in [0.05, 0.1) is 6.04 Å². The average molecular weight is 223 g/mol. The predicted octanol–water partition coefficient (Wildman–Crippen LogP) is 3.01. The first-order chi connectivity index (χ1) is 7.65. The molecule has 1 aromatic rings. The van der Waals surface area contributed by atoms with Crippen molar-refractivity contribution >= 4 is 0 Å². The lowest BCUT2D eigenvalue weighted by atomic mass is 9.80. The first kappa shape index (κ1) is 11.7. The maximum Gasteiger partial charge on any atom is 0.129 e. The van der Waals surface area contributed by atoms with Crippen molar-refractivity contribution in [1.82, 2.24) is 0 Å². The second-order valence-corrected chi connectivity index (χ2v) is 5.08. The van der Waals surface area contributed by atoms with Gasteiger partial charge < -0.3 is 14.9 Å². The van der Waals surface area contributed by atoms with E-state index in [1.165, 1.54) is 25.7 Å². The van der Waals surface area contributed by atoms with Crippen molar-refractivity contribution in [3.63, 3.8) is 0 Å². The molecule has 1 fully saturated rings. The summed E-state index contributed by atoms with van der Waals surface area (Å²) >= 11 is 0. The van der Waals surface area contributed by atoms with Gasteiger partial charge in [0.1, 0.15) is 18.1 Å². The van der Waals surface area contributed by atoms with Gasteiger partial charge in [-0.05, 0) is 30.4 Å². The molecule has 1 atom stereocenters. The summed E-state index contributed by atoms with van der Waals surface area (Å²) in [7, 11) is 1.67. The molecule has 1 aliphatic rings. The summed E-state index contributed by atoms with van der Waals surface area (Å²) < 4.78 is 10.8. The smallest absolute Gasteiger partial charge is 0.129 e. The summed E-state index contributed by atoms with van der Waals surface area (Å²) in [5, 5.41) is 0. The van der Waals surface area contributed by atoms with E-state index in [9.17, 15) is 0 Å². The molecule has 0 saturated heterocycles. The Hall–Kier alpha value is -0.800. The van der Waals surface area contributed by atoms with Crippen molar-refractivity contribution < 1.29 is 9.15 Å². The van der Waals surface area contributed by atoms with E-state index in [0.717, 1.165) is 11.5 Å². The first-order valence-corrected chi connectivity index (χ1v) is 5.99. The van der Waals surface area contributed by atoms with Gasteiger partial charge in [0, 0.05) is 7.11 Å². The number of nitrogens with two attached hydrogens (primary N) is 1. The maximum absolute atomic E-state index is 6.31. The topological polar surface area (TPSA) is 48.4 Å². The number of rotatable bonds is 4. The molecule has 2 rings (SSSR count). The molecule has 1 aliphatic carbocycles. The van der Waals surface area contributed by atoms with E-state index in [2.05, 4.69) is 6.92 Å². The minimum Gasteiger partial charge on any atom is -0.462 e. The Balaban J connectivity index is 2.10. The third-order valence-electron chi connectivity index (χ3n) is 3.77. The number of hydrogen-bond donors (Lipinski definition) is 1. The molecule has 90 valence electrons. The van der Waals surface area contributed by atoms with E-state index in [4.69, 9.17) is 14.9 Å². The Morgan fingerprint density at radius 3 is 2.75 bits per heavy atom. The van der Waals surface area contributed by atoms with Gasteiger partial charge in [-0.1, -0.05) is 19.8 Å². The second-order valence-electron chi connectivity index (χ2n) is 5.08. The van der Waals surface area contributed by atoms with Crippen molar-refractivity contribution in [3.8, 4) is 0 Å². The number of hydrogen-bond acceptors (Lipinski definition) is 3. The molecule has 16 heavy (non-hydrogen) atoms. The van der Waals surface area contributed by atoms with Gasteiger partial charge in [0.2, 0.25) is 0 Å². The van der Waals surface area contributed by atoms with Crippen molar-refractivity contribution in [2.45, 2.75) is 45.3 Å². The first-order valence-electron chi connectivity index (χ1n) is 5.99. The molecule has 1 heterocycles. The molecule has 0 radical (unpaired) electrons. The average Bonchev–Trinajstić information content (AvgIpc) is 2.88. The fraction of sp³-hybridized carbons (Fsp3) is 0.692. The summed E-state index contributed by atoms with van der Waals surface area (Å²) in [6.45, 7) is 2.78. The van der Waals surface area contributed by atoms with E-state index in [1.807, 2.05) is 12.1 Å². The van der Waals surface area contributed by atoms with Crippen LogP contribution in [0.2, 0.25) is 0 Å². The van der Waals surface area contributed by atoms with E-state index in [-0.39, 0.29) is 11.5 Å². The van der Waals surface area contributed by atoms with Crippen molar-refractivity contribution in [2.24, 2.45) is 11.1 Å². The van der Waals surface area contributed by atoms with Crippen molar-refractivity contribution in [2.75, 3.05) is 7.11 Å². The second kappa shape index (κ2) is 4.60. The van der Waals surface area contributed by atoms with Crippen LogP contribution in [0.25, 0.3) is 0 Å². The van der Waals surface area contributed by atoms with Crippen LogP contribution in [-0.2, 0) is 11.3 Å². The van der Waals surface area contributed by atoms with Crippen LogP contribution in [0, 0.1) is 5.41 Å². The molecule has 0 spiro atoms. The van der Waals surface area contributed by atoms with Crippen molar-refractivity contribution in [1.29, 1.82) is 0 Å². The zero-order valence-corrected chi connectivity index (χ0v) is 10.2. The minimum absolute atomic E-state index is 0.0145. The SMILES string of the molecule is COCc1ccc(C(N)C2(C)CCCC2)o1. The van der Waals surface area contributed by atoms with E-state index >= 15 is 0 Å². The molecule has 1 aromatic heterocycles. The number of ether oxygens (including phenoxy) is 1. The maximum atomic E-state index is 6.31. The predicted molar refractivity (Wildman–Crippen MR) is 62.9 cm³/mol. The molecule has 3 nitrogen and oxygen atoms in total. The third kappa shape index (κ3) is 2.15. The highest BCUT2D eigenvalue weighted by Crippen LogP contribution is 2.46. The molecule has 1 unspecified atom stereocenters. The highest BCUT2D eigenvalue weighted by atomic mass is 16.5. The molecular formula is C13H21NO2. The molecule has 1 saturated carbocycles. The number of furan rings is 1. The van der Waals surface area contributed by atoms with Crippen LogP contribution >= 0.6 is 0 Å². The molecule has 0 aromatic carbocycles. The van der Waals surface area contributed by atoms with Gasteiger partial charge >= 0.3 is 0 Å². The Morgan fingerprint density at radius 2 is 2.12 bits per heavy atom. The van der Waals surface area contributed by atoms with E-state index in [1.54, 1.807) is 7.11 Å². The molecular weight excluding hydrogens is 202 g/mol. The third-order valence-corrected chi connectivity index (χ3v) is 3.77. The van der Waals surface area contributed by atoms with Crippen LogP contribution < -0.4 is 5.73 Å². The zero-order chi connectivity index (χ0) is 11.6. The molecule has 0 bridgehead atoms. The highest BCUT2D eigenvalue weighted by molar-refractivity contribution is 5.13. The van der Waals surface area contributed by atoms with Crippen molar-refractivity contribution in [3.05, 3.63) is 23.7 Å². The lowest BCUT2D eigenvalue weighted by Gasteiger charge is -2.29. The van der Waals surface area contributed by atoms with Gasteiger partial charge in [0.15, 0.2) is 0 Å². The van der Waals surface area contributed by atoms with Crippen LogP contribution in [-0.4, -0.2) is 7.11 Å². The van der Waals surface area contributed by atoms with E-state index < -0.39 is 0 Å². The fourth-order valence-electron chi connectivity index (χ4n) is 2.62. The summed E-state index contributed by atoms with van der Waals surface area (Å²) in [6.07, 6.45) is 4.98. The Kier molecular flexibility index (Phi) is 3.36. The van der Waals surface area contributed by atoms with Gasteiger partial charge in [-0.3, -0.25) is 0 Å². The van der Waals surface area contributed by atoms with Crippen LogP contribution in [0.5, 0.6) is 0 Å². The van der Waals surface area contributed by atoms with Crippen LogP contribution in [0.4, 0.5) is 0 Å². The van der Waals surface area contributed by atoms with Crippen LogP contribution in [0.1, 0.15) is 50.2 Å². The van der Waals surface area contributed by atoms with Gasteiger partial charge in [-0.25, -0.2) is 0 Å². The monoisotopic (exact) mass is 223 g/mol. The quantitative estimate of drug-likeness (QED) is 0.853.